The van der Waals surface area contributed by atoms with Gasteiger partial charge >= 0.3 is 0 Å². The average Bonchev–Trinajstić information content (AvgIpc) is 2.83. The first-order chi connectivity index (χ1) is 16.1. The van der Waals surface area contributed by atoms with Crippen molar-refractivity contribution in [3.05, 3.63) is 68.7 Å². The van der Waals surface area contributed by atoms with E-state index in [9.17, 15) is 14.4 Å². The number of nitrogens with zero attached hydrogens (tertiary/aromatic N) is 3. The second kappa shape index (κ2) is 11.4. The normalized spacial score (nSPS) is 17.9. The molecule has 9 heteroatoms. The topological polar surface area (TPSA) is 60.9 Å². The van der Waals surface area contributed by atoms with Gasteiger partial charge in [0.2, 0.25) is 11.8 Å². The monoisotopic (exact) mass is 523 g/mol. The molecule has 0 aliphatic carbocycles. The smallest absolute Gasteiger partial charge is 0.253 e. The maximum atomic E-state index is 13.2. The molecule has 1 aliphatic heterocycles. The van der Waals surface area contributed by atoms with Gasteiger partial charge in [0.05, 0.1) is 10.0 Å². The van der Waals surface area contributed by atoms with Crippen LogP contribution in [0, 0.1) is 0 Å². The van der Waals surface area contributed by atoms with E-state index in [1.54, 1.807) is 60.3 Å². The van der Waals surface area contributed by atoms with Crippen LogP contribution in [-0.4, -0.2) is 72.2 Å². The Labute approximate surface area is 215 Å². The predicted molar refractivity (Wildman–Crippen MR) is 136 cm³/mol. The summed E-state index contributed by atoms with van der Waals surface area (Å²) in [5, 5.41) is 1.44. The molecule has 2 aromatic carbocycles. The van der Waals surface area contributed by atoms with Crippen molar-refractivity contribution in [2.24, 2.45) is 0 Å². The summed E-state index contributed by atoms with van der Waals surface area (Å²) in [5.41, 5.74) is 1.46. The van der Waals surface area contributed by atoms with E-state index in [1.165, 1.54) is 11.8 Å². The fourth-order valence-electron chi connectivity index (χ4n) is 4.23. The fraction of sp³-hybridized carbons (Fsp3) is 0.400. The Morgan fingerprint density at radius 1 is 1.00 bits per heavy atom. The van der Waals surface area contributed by atoms with Crippen LogP contribution in [0.1, 0.15) is 41.6 Å². The van der Waals surface area contributed by atoms with Crippen molar-refractivity contribution < 1.29 is 14.4 Å². The van der Waals surface area contributed by atoms with Crippen LogP contribution in [0.3, 0.4) is 0 Å². The van der Waals surface area contributed by atoms with E-state index in [0.717, 1.165) is 5.56 Å². The summed E-state index contributed by atoms with van der Waals surface area (Å²) in [4.78, 5) is 42.7. The predicted octanol–water partition coefficient (Wildman–Crippen LogP) is 4.97. The van der Waals surface area contributed by atoms with E-state index in [0.29, 0.717) is 46.7 Å². The molecule has 1 aliphatic rings. The van der Waals surface area contributed by atoms with Gasteiger partial charge in [0.1, 0.15) is 0 Å². The zero-order chi connectivity index (χ0) is 25.0. The Morgan fingerprint density at radius 3 is 2.29 bits per heavy atom. The molecule has 2 aromatic rings. The summed E-state index contributed by atoms with van der Waals surface area (Å²) >= 11 is 18.4. The minimum atomic E-state index is -0.153. The third kappa shape index (κ3) is 6.23. The summed E-state index contributed by atoms with van der Waals surface area (Å²) < 4.78 is 0. The molecule has 1 heterocycles. The van der Waals surface area contributed by atoms with Crippen molar-refractivity contribution in [1.29, 1.82) is 0 Å². The van der Waals surface area contributed by atoms with Crippen molar-refractivity contribution in [2.45, 2.75) is 31.7 Å². The lowest BCUT2D eigenvalue weighted by Gasteiger charge is -2.43. The van der Waals surface area contributed by atoms with Gasteiger partial charge in [-0.15, -0.1) is 0 Å². The summed E-state index contributed by atoms with van der Waals surface area (Å²) in [7, 11) is 3.46. The Bertz CT molecular complexity index is 1060. The van der Waals surface area contributed by atoms with Gasteiger partial charge in [-0.05, 0) is 48.4 Å². The van der Waals surface area contributed by atoms with Crippen LogP contribution in [-0.2, 0) is 9.59 Å². The first-order valence-corrected chi connectivity index (χ1v) is 12.2. The van der Waals surface area contributed by atoms with Crippen LogP contribution in [0.25, 0.3) is 0 Å². The zero-order valence-electron chi connectivity index (χ0n) is 19.4. The minimum Gasteiger partial charge on any atom is -0.345 e. The molecule has 0 aromatic heterocycles. The van der Waals surface area contributed by atoms with Crippen molar-refractivity contribution in [1.82, 2.24) is 14.7 Å². The third-order valence-electron chi connectivity index (χ3n) is 6.41. The summed E-state index contributed by atoms with van der Waals surface area (Å²) in [6.45, 7) is 2.79. The summed E-state index contributed by atoms with van der Waals surface area (Å²) in [6.07, 6.45) is 0.851. The van der Waals surface area contributed by atoms with E-state index in [2.05, 4.69) is 0 Å². The Morgan fingerprint density at radius 2 is 1.68 bits per heavy atom. The van der Waals surface area contributed by atoms with E-state index in [4.69, 9.17) is 34.8 Å². The molecule has 3 amide bonds. The molecule has 0 saturated carbocycles. The number of likely N-dealkylation sites (N-methyl/N-ethyl adjacent to an activating group) is 1. The molecule has 0 spiro atoms. The molecular weight excluding hydrogens is 497 g/mol. The van der Waals surface area contributed by atoms with Crippen molar-refractivity contribution in [2.75, 3.05) is 33.7 Å². The standard InChI is InChI=1S/C25H28Cl3N3O3/c1-16(32)29(2)12-11-24(33)31-13-10-23(20(15-31)18-6-9-21(27)22(28)14-18)30(3)25(34)17-4-7-19(26)8-5-17/h4-9,14,20,23H,10-13,15H2,1-3H3/t20-,23+/m0/s1. The van der Waals surface area contributed by atoms with Crippen molar-refractivity contribution in [3.8, 4) is 0 Å². The largest absolute Gasteiger partial charge is 0.345 e. The van der Waals surface area contributed by atoms with Crippen LogP contribution >= 0.6 is 34.8 Å². The highest BCUT2D eigenvalue weighted by Crippen LogP contribution is 2.34. The minimum absolute atomic E-state index is 0.0247. The lowest BCUT2D eigenvalue weighted by atomic mass is 9.84. The number of carbonyl (C=O) groups excluding carboxylic acids is 3. The molecule has 2 atom stereocenters. The Kier molecular flexibility index (Phi) is 8.85. The van der Waals surface area contributed by atoms with Gasteiger partial charge < -0.3 is 14.7 Å². The van der Waals surface area contributed by atoms with Gasteiger partial charge in [0, 0.05) is 69.6 Å². The number of carbonyl (C=O) groups is 3. The van der Waals surface area contributed by atoms with Crippen LogP contribution in [0.15, 0.2) is 42.5 Å². The van der Waals surface area contributed by atoms with E-state index in [-0.39, 0.29) is 36.1 Å². The SMILES string of the molecule is CC(=O)N(C)CCC(=O)N1CC[C@@H](N(C)C(=O)c2ccc(Cl)cc2)[C@H](c2ccc(Cl)c(Cl)c2)C1. The number of benzene rings is 2. The molecule has 1 fully saturated rings. The van der Waals surface area contributed by atoms with Gasteiger partial charge in [-0.25, -0.2) is 0 Å². The van der Waals surface area contributed by atoms with Gasteiger partial charge in [-0.2, -0.15) is 0 Å². The molecule has 1 saturated heterocycles. The highest BCUT2D eigenvalue weighted by Gasteiger charge is 2.37. The lowest BCUT2D eigenvalue weighted by Crippen LogP contribution is -2.52. The third-order valence-corrected chi connectivity index (χ3v) is 7.40. The van der Waals surface area contributed by atoms with Crippen molar-refractivity contribution in [3.63, 3.8) is 0 Å². The van der Waals surface area contributed by atoms with E-state index >= 15 is 0 Å². The van der Waals surface area contributed by atoms with Crippen molar-refractivity contribution >= 4 is 52.5 Å². The first kappa shape index (κ1) is 26.3. The maximum absolute atomic E-state index is 13.2. The van der Waals surface area contributed by atoms with Gasteiger partial charge in [-0.1, -0.05) is 40.9 Å². The van der Waals surface area contributed by atoms with E-state index < -0.39 is 0 Å². The number of hydrogen-bond donors (Lipinski definition) is 0. The quantitative estimate of drug-likeness (QED) is 0.536. The number of amides is 3. The number of likely N-dealkylation sites (tertiary alicyclic amines) is 1. The Hall–Kier alpha value is -2.28. The number of rotatable bonds is 6. The number of piperidine rings is 1. The van der Waals surface area contributed by atoms with Crippen LogP contribution in [0.5, 0.6) is 0 Å². The highest BCUT2D eigenvalue weighted by atomic mass is 35.5. The number of halogens is 3. The molecule has 0 bridgehead atoms. The van der Waals surface area contributed by atoms with Gasteiger partial charge in [0.25, 0.3) is 5.91 Å². The van der Waals surface area contributed by atoms with Crippen LogP contribution < -0.4 is 0 Å². The Balaban J connectivity index is 1.83. The molecule has 0 unspecified atom stereocenters. The molecule has 0 N–H and O–H groups in total. The zero-order valence-corrected chi connectivity index (χ0v) is 21.7. The second-order valence-corrected chi connectivity index (χ2v) is 9.84. The average molecular weight is 525 g/mol. The first-order valence-electron chi connectivity index (χ1n) is 11.1. The fourth-order valence-corrected chi connectivity index (χ4v) is 4.66. The van der Waals surface area contributed by atoms with E-state index in [1.807, 2.05) is 6.07 Å². The highest BCUT2D eigenvalue weighted by molar-refractivity contribution is 6.42. The molecular formula is C25H28Cl3N3O3. The summed E-state index contributed by atoms with van der Waals surface area (Å²) in [6, 6.07) is 12.1. The molecule has 6 nitrogen and oxygen atoms in total. The molecule has 182 valence electrons. The van der Waals surface area contributed by atoms with Crippen LogP contribution in [0.2, 0.25) is 15.1 Å². The second-order valence-electron chi connectivity index (χ2n) is 8.59. The van der Waals surface area contributed by atoms with Gasteiger partial charge in [-0.3, -0.25) is 14.4 Å². The van der Waals surface area contributed by atoms with Gasteiger partial charge in [0.15, 0.2) is 0 Å². The maximum Gasteiger partial charge on any atom is 0.253 e. The molecule has 34 heavy (non-hydrogen) atoms. The molecule has 3 rings (SSSR count). The summed E-state index contributed by atoms with van der Waals surface area (Å²) in [5.74, 6) is -0.375. The number of hydrogen-bond acceptors (Lipinski definition) is 3. The lowest BCUT2D eigenvalue weighted by molar-refractivity contribution is -0.134. The molecule has 0 radical (unpaired) electrons. The van der Waals surface area contributed by atoms with Crippen LogP contribution in [0.4, 0.5) is 0 Å².